The van der Waals surface area contributed by atoms with Gasteiger partial charge in [0.15, 0.2) is 17.3 Å². The minimum absolute atomic E-state index is 0.0389. The number of aromatic nitrogens is 4. The molecule has 0 saturated carbocycles. The summed E-state index contributed by atoms with van der Waals surface area (Å²) < 4.78 is 7.64. The molecule has 1 aliphatic heterocycles. The maximum atomic E-state index is 12.6. The predicted octanol–water partition coefficient (Wildman–Crippen LogP) is 4.24. The fraction of sp³-hybridized carbons (Fsp3) is 0.200. The highest BCUT2D eigenvalue weighted by Gasteiger charge is 2.35. The van der Waals surface area contributed by atoms with Crippen molar-refractivity contribution in [3.63, 3.8) is 0 Å². The SMILES string of the molecule is CC(=O)C1=C(C)Oc2ncn3nc(-c4ccc(N(C)C)cc4)nc3c2C1c1ccccc1. The summed E-state index contributed by atoms with van der Waals surface area (Å²) in [5.74, 6) is 1.24. The van der Waals surface area contributed by atoms with E-state index in [4.69, 9.17) is 9.72 Å². The van der Waals surface area contributed by atoms with Crippen molar-refractivity contribution >= 4 is 17.1 Å². The summed E-state index contributed by atoms with van der Waals surface area (Å²) in [6.07, 6.45) is 1.60. The molecule has 32 heavy (non-hydrogen) atoms. The molecule has 0 N–H and O–H groups in total. The first-order valence-electron chi connectivity index (χ1n) is 10.4. The molecular formula is C25H23N5O2. The van der Waals surface area contributed by atoms with Crippen molar-refractivity contribution in [2.75, 3.05) is 19.0 Å². The van der Waals surface area contributed by atoms with Gasteiger partial charge in [-0.25, -0.2) is 14.5 Å². The second-order valence-corrected chi connectivity index (χ2v) is 8.08. The van der Waals surface area contributed by atoms with E-state index in [1.807, 2.05) is 80.5 Å². The Labute approximate surface area is 186 Å². The quantitative estimate of drug-likeness (QED) is 0.487. The smallest absolute Gasteiger partial charge is 0.228 e. The molecule has 1 unspecified atom stereocenters. The molecule has 1 aliphatic rings. The van der Waals surface area contributed by atoms with Crippen molar-refractivity contribution in [1.29, 1.82) is 0 Å². The molecule has 1 atom stereocenters. The highest BCUT2D eigenvalue weighted by molar-refractivity contribution is 5.97. The third kappa shape index (κ3) is 3.22. The van der Waals surface area contributed by atoms with Crippen molar-refractivity contribution in [1.82, 2.24) is 19.6 Å². The molecule has 0 spiro atoms. The number of rotatable bonds is 4. The van der Waals surface area contributed by atoms with Crippen LogP contribution in [0.4, 0.5) is 5.69 Å². The maximum Gasteiger partial charge on any atom is 0.228 e. The van der Waals surface area contributed by atoms with E-state index in [0.717, 1.165) is 22.4 Å². The van der Waals surface area contributed by atoms with Crippen molar-refractivity contribution in [3.8, 4) is 17.3 Å². The van der Waals surface area contributed by atoms with Gasteiger partial charge in [0.25, 0.3) is 0 Å². The first-order valence-corrected chi connectivity index (χ1v) is 10.4. The zero-order valence-corrected chi connectivity index (χ0v) is 18.4. The molecule has 2 aromatic heterocycles. The van der Waals surface area contributed by atoms with E-state index in [1.165, 1.54) is 0 Å². The second kappa shape index (κ2) is 7.60. The van der Waals surface area contributed by atoms with Gasteiger partial charge < -0.3 is 9.64 Å². The third-order valence-electron chi connectivity index (χ3n) is 5.75. The lowest BCUT2D eigenvalue weighted by molar-refractivity contribution is -0.114. The Hall–Kier alpha value is -4.00. The second-order valence-electron chi connectivity index (χ2n) is 8.08. The van der Waals surface area contributed by atoms with Crippen LogP contribution in [-0.4, -0.2) is 39.5 Å². The van der Waals surface area contributed by atoms with E-state index in [1.54, 1.807) is 17.8 Å². The molecule has 7 nitrogen and oxygen atoms in total. The molecule has 0 amide bonds. The standard InChI is InChI=1S/C25H23N5O2/c1-15(31)20-16(2)32-25-22(21(20)17-8-6-5-7-9-17)24-27-23(28-30(24)14-26-25)18-10-12-19(13-11-18)29(3)4/h5-14,21H,1-4H3. The van der Waals surface area contributed by atoms with E-state index in [9.17, 15) is 4.79 Å². The van der Waals surface area contributed by atoms with Gasteiger partial charge in [-0.2, -0.15) is 0 Å². The van der Waals surface area contributed by atoms with E-state index in [-0.39, 0.29) is 11.7 Å². The zero-order valence-electron chi connectivity index (χ0n) is 18.4. The zero-order chi connectivity index (χ0) is 22.4. The van der Waals surface area contributed by atoms with Crippen molar-refractivity contribution in [3.05, 3.63) is 83.4 Å². The lowest BCUT2D eigenvalue weighted by Crippen LogP contribution is -2.22. The lowest BCUT2D eigenvalue weighted by Gasteiger charge is -2.28. The van der Waals surface area contributed by atoms with Gasteiger partial charge in [0.1, 0.15) is 12.1 Å². The number of fused-ring (bicyclic) bond motifs is 3. The number of nitrogens with zero attached hydrogens (tertiary/aromatic N) is 5. The number of allylic oxidation sites excluding steroid dienone is 2. The van der Waals surface area contributed by atoms with Crippen molar-refractivity contribution in [2.45, 2.75) is 19.8 Å². The Morgan fingerprint density at radius 2 is 1.78 bits per heavy atom. The molecule has 4 aromatic rings. The summed E-state index contributed by atoms with van der Waals surface area (Å²) in [7, 11) is 4.00. The number of hydrogen-bond acceptors (Lipinski definition) is 6. The van der Waals surface area contributed by atoms with Crippen molar-refractivity contribution < 1.29 is 9.53 Å². The maximum absolute atomic E-state index is 12.6. The number of ketones is 1. The molecular weight excluding hydrogens is 402 g/mol. The largest absolute Gasteiger partial charge is 0.443 e. The molecule has 3 heterocycles. The van der Waals surface area contributed by atoms with E-state index >= 15 is 0 Å². The van der Waals surface area contributed by atoms with Crippen LogP contribution in [0.25, 0.3) is 17.0 Å². The number of carbonyl (C=O) groups is 1. The lowest BCUT2D eigenvalue weighted by atomic mass is 9.82. The van der Waals surface area contributed by atoms with Crippen LogP contribution in [-0.2, 0) is 4.79 Å². The van der Waals surface area contributed by atoms with E-state index in [2.05, 4.69) is 10.1 Å². The Balaban J connectivity index is 1.71. The summed E-state index contributed by atoms with van der Waals surface area (Å²) >= 11 is 0. The summed E-state index contributed by atoms with van der Waals surface area (Å²) in [6.45, 7) is 3.38. The average molecular weight is 425 g/mol. The number of Topliss-reactive ketones (excluding diaryl/α,β-unsaturated/α-hetero) is 1. The van der Waals surface area contributed by atoms with Crippen LogP contribution in [0.2, 0.25) is 0 Å². The highest BCUT2D eigenvalue weighted by Crippen LogP contribution is 2.44. The Kier molecular flexibility index (Phi) is 4.74. The van der Waals surface area contributed by atoms with Crippen LogP contribution in [0.1, 0.15) is 30.9 Å². The number of anilines is 1. The van der Waals surface area contributed by atoms with Gasteiger partial charge in [0.05, 0.1) is 5.56 Å². The Morgan fingerprint density at radius 1 is 1.06 bits per heavy atom. The fourth-order valence-corrected chi connectivity index (χ4v) is 4.20. The molecule has 0 aliphatic carbocycles. The van der Waals surface area contributed by atoms with Crippen LogP contribution >= 0.6 is 0 Å². The molecule has 5 rings (SSSR count). The van der Waals surface area contributed by atoms with Crippen molar-refractivity contribution in [2.24, 2.45) is 0 Å². The molecule has 0 bridgehead atoms. The molecule has 0 saturated heterocycles. The van der Waals surface area contributed by atoms with Gasteiger partial charge in [-0.15, -0.1) is 5.10 Å². The number of hydrogen-bond donors (Lipinski definition) is 0. The molecule has 0 radical (unpaired) electrons. The van der Waals surface area contributed by atoms with Gasteiger partial charge in [0.2, 0.25) is 5.88 Å². The normalized spacial score (nSPS) is 15.4. The monoisotopic (exact) mass is 425 g/mol. The number of carbonyl (C=O) groups excluding carboxylic acids is 1. The van der Waals surface area contributed by atoms with Gasteiger partial charge in [-0.05, 0) is 43.7 Å². The average Bonchev–Trinajstić information content (AvgIpc) is 3.23. The minimum Gasteiger partial charge on any atom is -0.443 e. The summed E-state index contributed by atoms with van der Waals surface area (Å²) in [5.41, 5.74) is 4.97. The van der Waals surface area contributed by atoms with Gasteiger partial charge in [-0.3, -0.25) is 4.79 Å². The van der Waals surface area contributed by atoms with E-state index in [0.29, 0.717) is 28.7 Å². The molecule has 2 aromatic carbocycles. The molecule has 160 valence electrons. The van der Waals surface area contributed by atoms with Crippen LogP contribution < -0.4 is 9.64 Å². The predicted molar refractivity (Wildman–Crippen MR) is 123 cm³/mol. The highest BCUT2D eigenvalue weighted by atomic mass is 16.5. The van der Waals surface area contributed by atoms with Crippen LogP contribution in [0.5, 0.6) is 5.88 Å². The van der Waals surface area contributed by atoms with Crippen LogP contribution in [0, 0.1) is 0 Å². The summed E-state index contributed by atoms with van der Waals surface area (Å²) in [5, 5.41) is 4.66. The first kappa shape index (κ1) is 19.9. The van der Waals surface area contributed by atoms with Gasteiger partial charge in [0, 0.05) is 36.8 Å². The minimum atomic E-state index is -0.332. The molecule has 7 heteroatoms. The number of benzene rings is 2. The van der Waals surface area contributed by atoms with Crippen LogP contribution in [0.3, 0.4) is 0 Å². The number of ether oxygens (including phenoxy) is 1. The summed E-state index contributed by atoms with van der Waals surface area (Å²) in [6, 6.07) is 18.0. The first-order chi connectivity index (χ1) is 15.4. The Morgan fingerprint density at radius 3 is 2.44 bits per heavy atom. The van der Waals surface area contributed by atoms with Gasteiger partial charge in [-0.1, -0.05) is 30.3 Å². The topological polar surface area (TPSA) is 72.6 Å². The fourth-order valence-electron chi connectivity index (χ4n) is 4.20. The Bertz CT molecular complexity index is 1350. The summed E-state index contributed by atoms with van der Waals surface area (Å²) in [4.78, 5) is 24.0. The van der Waals surface area contributed by atoms with Crippen LogP contribution in [0.15, 0.2) is 72.3 Å². The molecule has 0 fully saturated rings. The third-order valence-corrected chi connectivity index (χ3v) is 5.75. The van der Waals surface area contributed by atoms with E-state index < -0.39 is 0 Å². The van der Waals surface area contributed by atoms with Gasteiger partial charge >= 0.3 is 0 Å².